The third-order valence-corrected chi connectivity index (χ3v) is 10.2. The lowest BCUT2D eigenvalue weighted by Crippen LogP contribution is -2.32. The summed E-state index contributed by atoms with van der Waals surface area (Å²) in [7, 11) is 1.23. The Balaban J connectivity index is 2.04. The van der Waals surface area contributed by atoms with Crippen molar-refractivity contribution in [2.75, 3.05) is 14.2 Å². The standard InChI is InChI=1S/C28H28O3P/c1-30-24-18-22(20-29)28(31-2)23(19-24)21-32(25-12-6-3-7-13-25,26-14-8-4-9-15-26)27-16-10-5-11-17-27/h3-19,29H,20-21H2,1-2H3/q+1. The number of hydrogen-bond donors (Lipinski definition) is 1. The van der Waals surface area contributed by atoms with Crippen LogP contribution in [0.25, 0.3) is 0 Å². The molecule has 4 heteroatoms. The van der Waals surface area contributed by atoms with Crippen molar-refractivity contribution in [3.63, 3.8) is 0 Å². The molecule has 0 saturated carbocycles. The zero-order valence-electron chi connectivity index (χ0n) is 18.4. The summed E-state index contributed by atoms with van der Waals surface area (Å²) in [5, 5.41) is 13.9. The molecule has 0 amide bonds. The average molecular weight is 444 g/mol. The molecule has 0 fully saturated rings. The van der Waals surface area contributed by atoms with Gasteiger partial charge in [-0.05, 0) is 48.5 Å². The van der Waals surface area contributed by atoms with Gasteiger partial charge in [-0.1, -0.05) is 54.6 Å². The monoisotopic (exact) mass is 443 g/mol. The van der Waals surface area contributed by atoms with Crippen LogP contribution in [0.1, 0.15) is 11.1 Å². The van der Waals surface area contributed by atoms with E-state index < -0.39 is 7.26 Å². The number of hydrogen-bond acceptors (Lipinski definition) is 3. The Labute approximate surface area is 190 Å². The maximum absolute atomic E-state index is 10.0. The van der Waals surface area contributed by atoms with Crippen LogP contribution in [0.4, 0.5) is 0 Å². The fourth-order valence-electron chi connectivity index (χ4n) is 4.36. The van der Waals surface area contributed by atoms with Crippen molar-refractivity contribution in [1.29, 1.82) is 0 Å². The van der Waals surface area contributed by atoms with Crippen LogP contribution in [0.2, 0.25) is 0 Å². The van der Waals surface area contributed by atoms with Gasteiger partial charge in [0.2, 0.25) is 0 Å². The van der Waals surface area contributed by atoms with Crippen LogP contribution < -0.4 is 25.4 Å². The highest BCUT2D eigenvalue weighted by Crippen LogP contribution is 2.59. The fraction of sp³-hybridized carbons (Fsp3) is 0.143. The van der Waals surface area contributed by atoms with Gasteiger partial charge in [0.25, 0.3) is 0 Å². The number of methoxy groups -OCH3 is 2. The molecule has 0 heterocycles. The van der Waals surface area contributed by atoms with Gasteiger partial charge in [-0.2, -0.15) is 0 Å². The highest BCUT2D eigenvalue weighted by Gasteiger charge is 2.46. The molecule has 0 spiro atoms. The molecule has 0 aliphatic carbocycles. The average Bonchev–Trinajstić information content (AvgIpc) is 2.88. The van der Waals surface area contributed by atoms with Crippen LogP contribution in [0.15, 0.2) is 103 Å². The van der Waals surface area contributed by atoms with E-state index in [1.807, 2.05) is 12.1 Å². The van der Waals surface area contributed by atoms with E-state index in [0.29, 0.717) is 0 Å². The molecule has 0 radical (unpaired) electrons. The van der Waals surface area contributed by atoms with Gasteiger partial charge >= 0.3 is 0 Å². The van der Waals surface area contributed by atoms with Crippen molar-refractivity contribution in [2.24, 2.45) is 0 Å². The van der Waals surface area contributed by atoms with Gasteiger partial charge in [-0.15, -0.1) is 0 Å². The first-order valence-electron chi connectivity index (χ1n) is 10.6. The molecule has 0 saturated heterocycles. The lowest BCUT2D eigenvalue weighted by atomic mass is 10.1. The molecular formula is C28H28O3P+. The minimum absolute atomic E-state index is 0.110. The molecule has 0 aromatic heterocycles. The molecule has 32 heavy (non-hydrogen) atoms. The summed E-state index contributed by atoms with van der Waals surface area (Å²) < 4.78 is 11.4. The summed E-state index contributed by atoms with van der Waals surface area (Å²) in [4.78, 5) is 0. The molecule has 0 unspecified atom stereocenters. The number of ether oxygens (including phenoxy) is 2. The van der Waals surface area contributed by atoms with Crippen molar-refractivity contribution in [2.45, 2.75) is 12.8 Å². The SMILES string of the molecule is COc1cc(CO)c(OC)c(C[P+](c2ccccc2)(c2ccccc2)c2ccccc2)c1. The predicted octanol–water partition coefficient (Wildman–Crippen LogP) is 4.69. The summed E-state index contributed by atoms with van der Waals surface area (Å²) in [6, 6.07) is 36.1. The zero-order valence-corrected chi connectivity index (χ0v) is 19.3. The van der Waals surface area contributed by atoms with Gasteiger partial charge < -0.3 is 14.6 Å². The first-order chi connectivity index (χ1) is 15.7. The molecule has 0 atom stereocenters. The van der Waals surface area contributed by atoms with E-state index in [-0.39, 0.29) is 6.61 Å². The van der Waals surface area contributed by atoms with Gasteiger partial charge in [-0.25, -0.2) is 0 Å². The Morgan fingerprint density at radius 1 is 0.625 bits per heavy atom. The fourth-order valence-corrected chi connectivity index (χ4v) is 8.59. The number of aliphatic hydroxyl groups is 1. The second-order valence-electron chi connectivity index (χ2n) is 7.61. The van der Waals surface area contributed by atoms with E-state index in [0.717, 1.165) is 28.8 Å². The van der Waals surface area contributed by atoms with E-state index >= 15 is 0 Å². The van der Waals surface area contributed by atoms with Crippen LogP contribution in [0.3, 0.4) is 0 Å². The van der Waals surface area contributed by atoms with Gasteiger partial charge in [0.05, 0.1) is 20.8 Å². The highest BCUT2D eigenvalue weighted by atomic mass is 31.2. The Kier molecular flexibility index (Phi) is 6.90. The molecule has 4 rings (SSSR count). The second kappa shape index (κ2) is 9.99. The Morgan fingerprint density at radius 3 is 1.44 bits per heavy atom. The maximum Gasteiger partial charge on any atom is 0.131 e. The van der Waals surface area contributed by atoms with Crippen molar-refractivity contribution < 1.29 is 14.6 Å². The summed E-state index contributed by atoms with van der Waals surface area (Å²) in [6.45, 7) is -0.110. The van der Waals surface area contributed by atoms with Gasteiger partial charge in [0.1, 0.15) is 40.8 Å². The first kappa shape index (κ1) is 22.1. The smallest absolute Gasteiger partial charge is 0.131 e. The van der Waals surface area contributed by atoms with Crippen LogP contribution >= 0.6 is 7.26 Å². The van der Waals surface area contributed by atoms with E-state index in [1.54, 1.807) is 14.2 Å². The zero-order chi connectivity index (χ0) is 22.4. The number of benzene rings is 4. The van der Waals surface area contributed by atoms with Crippen LogP contribution in [0.5, 0.6) is 11.5 Å². The Hall–Kier alpha value is -3.13. The first-order valence-corrected chi connectivity index (χ1v) is 12.6. The van der Waals surface area contributed by atoms with Crippen LogP contribution in [0, 0.1) is 0 Å². The number of aliphatic hydroxyl groups excluding tert-OH is 1. The van der Waals surface area contributed by atoms with Crippen molar-refractivity contribution in [1.82, 2.24) is 0 Å². The van der Waals surface area contributed by atoms with E-state index in [4.69, 9.17) is 9.47 Å². The molecule has 3 nitrogen and oxygen atoms in total. The molecule has 4 aromatic carbocycles. The lowest BCUT2D eigenvalue weighted by Gasteiger charge is -2.29. The lowest BCUT2D eigenvalue weighted by molar-refractivity contribution is 0.272. The molecule has 0 aliphatic rings. The highest BCUT2D eigenvalue weighted by molar-refractivity contribution is 7.95. The van der Waals surface area contributed by atoms with Gasteiger partial charge in [0.15, 0.2) is 0 Å². The minimum Gasteiger partial charge on any atom is -0.497 e. The maximum atomic E-state index is 10.0. The topological polar surface area (TPSA) is 38.7 Å². The molecule has 162 valence electrons. The van der Waals surface area contributed by atoms with Crippen molar-refractivity contribution in [3.8, 4) is 11.5 Å². The molecular weight excluding hydrogens is 415 g/mol. The third kappa shape index (κ3) is 4.14. The number of rotatable bonds is 8. The van der Waals surface area contributed by atoms with Crippen LogP contribution in [-0.4, -0.2) is 19.3 Å². The van der Waals surface area contributed by atoms with Crippen LogP contribution in [-0.2, 0) is 12.8 Å². The largest absolute Gasteiger partial charge is 0.497 e. The molecule has 0 bridgehead atoms. The molecule has 1 N–H and O–H groups in total. The summed E-state index contributed by atoms with van der Waals surface area (Å²) in [5.41, 5.74) is 1.76. The van der Waals surface area contributed by atoms with Gasteiger partial charge in [0, 0.05) is 11.1 Å². The minimum atomic E-state index is -2.09. The summed E-state index contributed by atoms with van der Waals surface area (Å²) in [6.07, 6.45) is 0.748. The van der Waals surface area contributed by atoms with E-state index in [1.165, 1.54) is 15.9 Å². The summed E-state index contributed by atoms with van der Waals surface area (Å²) in [5.74, 6) is 1.44. The third-order valence-electron chi connectivity index (χ3n) is 5.82. The van der Waals surface area contributed by atoms with E-state index in [9.17, 15) is 5.11 Å². The molecule has 4 aromatic rings. The van der Waals surface area contributed by atoms with E-state index in [2.05, 4.69) is 91.0 Å². The molecule has 0 aliphatic heterocycles. The van der Waals surface area contributed by atoms with Crippen molar-refractivity contribution in [3.05, 3.63) is 114 Å². The predicted molar refractivity (Wildman–Crippen MR) is 134 cm³/mol. The quantitative estimate of drug-likeness (QED) is 0.402. The Morgan fingerprint density at radius 2 is 1.06 bits per heavy atom. The summed E-state index contributed by atoms with van der Waals surface area (Å²) >= 11 is 0. The van der Waals surface area contributed by atoms with Gasteiger partial charge in [-0.3, -0.25) is 0 Å². The van der Waals surface area contributed by atoms with Crippen molar-refractivity contribution >= 4 is 23.2 Å². The normalized spacial score (nSPS) is 11.2. The Bertz CT molecular complexity index is 1050. The second-order valence-corrected chi connectivity index (χ2v) is 11.1.